The Balaban J connectivity index is 1.63. The molecule has 0 bridgehead atoms. The zero-order chi connectivity index (χ0) is 20.1. The Morgan fingerprint density at radius 3 is 2.54 bits per heavy atom. The molecule has 2 fully saturated rings. The lowest BCUT2D eigenvalue weighted by Gasteiger charge is -2.42. The molecule has 2 amide bonds. The van der Waals surface area contributed by atoms with E-state index in [0.29, 0.717) is 16.4 Å². The Labute approximate surface area is 177 Å². The summed E-state index contributed by atoms with van der Waals surface area (Å²) in [5.41, 5.74) is 0.556. The standard InChI is InChI=1S/C21H29N3O2S2/c1-21(2)17(22-18(25)16-10-5-3-6-11-16)19(26)24(20(27)28-21)15-9-14-23-12-7-4-8-13-23/h3,5-6,10-11,17H,4,7-9,12-15H2,1-2H3,(H,22,25). The molecule has 7 heteroatoms. The van der Waals surface area contributed by atoms with E-state index >= 15 is 0 Å². The number of nitrogens with zero attached hydrogens (tertiary/aromatic N) is 2. The van der Waals surface area contributed by atoms with Gasteiger partial charge < -0.3 is 10.2 Å². The topological polar surface area (TPSA) is 52.6 Å². The minimum absolute atomic E-state index is 0.100. The largest absolute Gasteiger partial charge is 0.339 e. The fourth-order valence-corrected chi connectivity index (χ4v) is 5.60. The van der Waals surface area contributed by atoms with E-state index in [0.717, 1.165) is 26.1 Å². The number of thiocarbonyl (C=S) groups is 1. The van der Waals surface area contributed by atoms with Crippen LogP contribution < -0.4 is 5.32 Å². The van der Waals surface area contributed by atoms with E-state index in [4.69, 9.17) is 12.2 Å². The SMILES string of the molecule is CC1(C)SC(=S)N(CCCN2CCCCC2)C(=O)C1NC(=O)c1ccccc1. The van der Waals surface area contributed by atoms with Crippen molar-refractivity contribution in [1.82, 2.24) is 15.1 Å². The highest BCUT2D eigenvalue weighted by Crippen LogP contribution is 2.36. The number of carbonyl (C=O) groups excluding carboxylic acids is 2. The summed E-state index contributed by atoms with van der Waals surface area (Å²) in [6.45, 7) is 7.81. The van der Waals surface area contributed by atoms with Gasteiger partial charge in [-0.2, -0.15) is 0 Å². The van der Waals surface area contributed by atoms with Gasteiger partial charge in [0, 0.05) is 16.9 Å². The summed E-state index contributed by atoms with van der Waals surface area (Å²) in [7, 11) is 0. The van der Waals surface area contributed by atoms with Crippen LogP contribution in [0, 0.1) is 0 Å². The molecular formula is C21H29N3O2S2. The van der Waals surface area contributed by atoms with Crippen LogP contribution in [0.2, 0.25) is 0 Å². The van der Waals surface area contributed by atoms with E-state index in [-0.39, 0.29) is 11.8 Å². The van der Waals surface area contributed by atoms with Crippen molar-refractivity contribution in [2.45, 2.75) is 50.3 Å². The molecule has 0 saturated carbocycles. The summed E-state index contributed by atoms with van der Waals surface area (Å²) in [5, 5.41) is 2.94. The second-order valence-corrected chi connectivity index (χ2v) is 10.3. The molecule has 3 rings (SSSR count). The summed E-state index contributed by atoms with van der Waals surface area (Å²) in [6.07, 6.45) is 4.74. The monoisotopic (exact) mass is 419 g/mol. The van der Waals surface area contributed by atoms with Gasteiger partial charge in [0.1, 0.15) is 10.4 Å². The molecule has 0 aromatic heterocycles. The van der Waals surface area contributed by atoms with E-state index in [1.807, 2.05) is 32.0 Å². The van der Waals surface area contributed by atoms with Gasteiger partial charge in [0.25, 0.3) is 11.8 Å². The van der Waals surface area contributed by atoms with Crippen molar-refractivity contribution in [3.8, 4) is 0 Å². The molecule has 5 nitrogen and oxygen atoms in total. The second-order valence-electron chi connectivity index (χ2n) is 7.99. The van der Waals surface area contributed by atoms with Crippen LogP contribution in [0.15, 0.2) is 30.3 Å². The van der Waals surface area contributed by atoms with Crippen molar-refractivity contribution in [3.63, 3.8) is 0 Å². The highest BCUT2D eigenvalue weighted by atomic mass is 32.2. The third kappa shape index (κ3) is 5.13. The molecule has 1 unspecified atom stereocenters. The average molecular weight is 420 g/mol. The number of rotatable bonds is 6. The maximum absolute atomic E-state index is 13.2. The molecule has 2 saturated heterocycles. The summed E-state index contributed by atoms with van der Waals surface area (Å²) in [6, 6.07) is 8.41. The van der Waals surface area contributed by atoms with Gasteiger partial charge in [-0.05, 0) is 64.9 Å². The molecule has 1 N–H and O–H groups in total. The number of nitrogens with one attached hydrogen (secondary N) is 1. The average Bonchev–Trinajstić information content (AvgIpc) is 2.68. The number of benzene rings is 1. The summed E-state index contributed by atoms with van der Waals surface area (Å²) < 4.78 is 0.126. The highest BCUT2D eigenvalue weighted by molar-refractivity contribution is 8.24. The Hall–Kier alpha value is -1.44. The Morgan fingerprint density at radius 1 is 1.18 bits per heavy atom. The third-order valence-corrected chi connectivity index (χ3v) is 7.02. The first-order valence-corrected chi connectivity index (χ1v) is 11.2. The van der Waals surface area contributed by atoms with Crippen LogP contribution in [0.5, 0.6) is 0 Å². The van der Waals surface area contributed by atoms with E-state index in [1.54, 1.807) is 17.0 Å². The lowest BCUT2D eigenvalue weighted by atomic mass is 10.0. The molecule has 0 spiro atoms. The Morgan fingerprint density at radius 2 is 1.86 bits per heavy atom. The van der Waals surface area contributed by atoms with Gasteiger partial charge in [-0.25, -0.2) is 0 Å². The zero-order valence-corrected chi connectivity index (χ0v) is 18.3. The quantitative estimate of drug-likeness (QED) is 0.717. The molecule has 1 aromatic carbocycles. The molecule has 0 aliphatic carbocycles. The van der Waals surface area contributed by atoms with Crippen molar-refractivity contribution >= 4 is 40.1 Å². The molecule has 152 valence electrons. The fourth-order valence-electron chi connectivity index (χ4n) is 3.76. The third-order valence-electron chi connectivity index (χ3n) is 5.40. The number of hydrogen-bond acceptors (Lipinski definition) is 5. The molecule has 0 radical (unpaired) electrons. The maximum atomic E-state index is 13.2. The zero-order valence-electron chi connectivity index (χ0n) is 16.6. The van der Waals surface area contributed by atoms with E-state index in [9.17, 15) is 9.59 Å². The smallest absolute Gasteiger partial charge is 0.252 e. The van der Waals surface area contributed by atoms with Crippen LogP contribution in [0.3, 0.4) is 0 Å². The molecule has 2 aliphatic rings. The molecule has 2 aliphatic heterocycles. The molecule has 28 heavy (non-hydrogen) atoms. The van der Waals surface area contributed by atoms with Gasteiger partial charge in [0.05, 0.1) is 0 Å². The van der Waals surface area contributed by atoms with Gasteiger partial charge in [0.2, 0.25) is 0 Å². The minimum atomic E-state index is -0.605. The first-order valence-electron chi connectivity index (χ1n) is 10.0. The molecular weight excluding hydrogens is 390 g/mol. The number of amides is 2. The summed E-state index contributed by atoms with van der Waals surface area (Å²) in [5.74, 6) is -0.328. The summed E-state index contributed by atoms with van der Waals surface area (Å²) >= 11 is 7.02. The maximum Gasteiger partial charge on any atom is 0.252 e. The number of piperidine rings is 1. The number of carbonyl (C=O) groups is 2. The van der Waals surface area contributed by atoms with Crippen LogP contribution >= 0.6 is 24.0 Å². The summed E-state index contributed by atoms with van der Waals surface area (Å²) in [4.78, 5) is 30.0. The Bertz CT molecular complexity index is 718. The van der Waals surface area contributed by atoms with Crippen LogP contribution in [0.25, 0.3) is 0 Å². The highest BCUT2D eigenvalue weighted by Gasteiger charge is 2.46. The van der Waals surface area contributed by atoms with Crippen LogP contribution in [-0.2, 0) is 4.79 Å². The van der Waals surface area contributed by atoms with Crippen LogP contribution in [0.1, 0.15) is 49.9 Å². The first-order chi connectivity index (χ1) is 13.4. The normalized spacial score (nSPS) is 22.9. The molecule has 1 aromatic rings. The number of hydrogen-bond donors (Lipinski definition) is 1. The Kier molecular flexibility index (Phi) is 7.12. The van der Waals surface area contributed by atoms with Gasteiger partial charge >= 0.3 is 0 Å². The first kappa shape index (κ1) is 21.3. The van der Waals surface area contributed by atoms with E-state index in [1.165, 1.54) is 31.0 Å². The number of likely N-dealkylation sites (tertiary alicyclic amines) is 1. The van der Waals surface area contributed by atoms with Gasteiger partial charge in [-0.15, -0.1) is 0 Å². The van der Waals surface area contributed by atoms with Crippen molar-refractivity contribution in [1.29, 1.82) is 0 Å². The van der Waals surface area contributed by atoms with Crippen LogP contribution in [-0.4, -0.2) is 62.9 Å². The van der Waals surface area contributed by atoms with E-state index < -0.39 is 10.8 Å². The van der Waals surface area contributed by atoms with Crippen molar-refractivity contribution in [2.75, 3.05) is 26.2 Å². The lowest BCUT2D eigenvalue weighted by Crippen LogP contribution is -2.62. The molecule has 1 atom stereocenters. The molecule has 2 heterocycles. The van der Waals surface area contributed by atoms with Gasteiger partial charge in [0.15, 0.2) is 0 Å². The second kappa shape index (κ2) is 9.37. The minimum Gasteiger partial charge on any atom is -0.339 e. The van der Waals surface area contributed by atoms with E-state index in [2.05, 4.69) is 10.2 Å². The van der Waals surface area contributed by atoms with Gasteiger partial charge in [-0.1, -0.05) is 48.6 Å². The van der Waals surface area contributed by atoms with Crippen LogP contribution in [0.4, 0.5) is 0 Å². The van der Waals surface area contributed by atoms with Gasteiger partial charge in [-0.3, -0.25) is 14.5 Å². The van der Waals surface area contributed by atoms with Crippen molar-refractivity contribution in [3.05, 3.63) is 35.9 Å². The number of thioether (sulfide) groups is 1. The fraction of sp³-hybridized carbons (Fsp3) is 0.571. The predicted octanol–water partition coefficient (Wildman–Crippen LogP) is 3.30. The van der Waals surface area contributed by atoms with Crippen molar-refractivity contribution < 1.29 is 9.59 Å². The predicted molar refractivity (Wildman–Crippen MR) is 119 cm³/mol. The lowest BCUT2D eigenvalue weighted by molar-refractivity contribution is -0.130. The van der Waals surface area contributed by atoms with Crippen molar-refractivity contribution in [2.24, 2.45) is 0 Å².